The van der Waals surface area contributed by atoms with Gasteiger partial charge in [-0.15, -0.1) is 0 Å². The molecule has 0 aliphatic rings. The quantitative estimate of drug-likeness (QED) is 0.0685. The Bertz CT molecular complexity index is 1430. The van der Waals surface area contributed by atoms with Gasteiger partial charge in [-0.05, 0) is 68.9 Å². The number of aromatic nitrogens is 4. The Morgan fingerprint density at radius 3 is 1.13 bits per heavy atom. The molecule has 4 rings (SSSR count). The number of hydrogen-bond donors (Lipinski definition) is 0. The second-order valence-electron chi connectivity index (χ2n) is 11.8. The van der Waals surface area contributed by atoms with E-state index >= 15 is 0 Å². The molecule has 47 heavy (non-hydrogen) atoms. The molecule has 0 aliphatic carbocycles. The minimum absolute atomic E-state index is 0.285. The normalized spacial score (nSPS) is 11.2. The fourth-order valence-corrected chi connectivity index (χ4v) is 12.6. The summed E-state index contributed by atoms with van der Waals surface area (Å²) in [5.74, 6) is 0. The fraction of sp³-hybridized carbons (Fsp3) is 0.353. The summed E-state index contributed by atoms with van der Waals surface area (Å²) in [6.07, 6.45) is 10.1. The Morgan fingerprint density at radius 1 is 0.553 bits per heavy atom. The molecule has 0 N–H and O–H groups in total. The van der Waals surface area contributed by atoms with E-state index in [2.05, 4.69) is 95.1 Å². The first-order chi connectivity index (χ1) is 22.3. The first kappa shape index (κ1) is 39.9. The van der Waals surface area contributed by atoms with Crippen molar-refractivity contribution in [2.24, 2.45) is 0 Å². The summed E-state index contributed by atoms with van der Waals surface area (Å²) in [6, 6.07) is 20.0. The molecule has 4 aromatic heterocycles. The molecule has 0 saturated carbocycles. The molecule has 0 fully saturated rings. The van der Waals surface area contributed by atoms with Gasteiger partial charge < -0.3 is 0 Å². The number of pyridine rings is 4. The van der Waals surface area contributed by atoms with Crippen molar-refractivity contribution in [2.75, 3.05) is 0 Å². The molecule has 0 spiro atoms. The number of rotatable bonds is 10. The van der Waals surface area contributed by atoms with E-state index in [0.29, 0.717) is 22.2 Å². The van der Waals surface area contributed by atoms with Crippen molar-refractivity contribution in [3.05, 3.63) is 85.5 Å². The van der Waals surface area contributed by atoms with Crippen LogP contribution in [0, 0.1) is 23.0 Å². The van der Waals surface area contributed by atoms with Crippen LogP contribution < -0.4 is 10.4 Å². The monoisotopic (exact) mass is 748 g/mol. The van der Waals surface area contributed by atoms with Crippen molar-refractivity contribution >= 4 is 47.3 Å². The zero-order chi connectivity index (χ0) is 35.0. The van der Waals surface area contributed by atoms with Crippen LogP contribution in [0.15, 0.2) is 85.5 Å². The Hall–Kier alpha value is -3.29. The van der Waals surface area contributed by atoms with Crippen molar-refractivity contribution < 1.29 is 23.3 Å². The molecule has 0 amide bonds. The predicted octanol–water partition coefficient (Wildman–Crippen LogP) is 8.60. The standard InChI is InChI=1S/2C16H21ClN2Si.2CHNO.Fe/c2*1-12(2)20(17,13(3)4)14-8-9-16(19-11-14)15-7-5-6-10-18-15;2*2-1-3;/h2*5-13H,1-4H3;2*3H;/q;;;;+2/p-2. The summed E-state index contributed by atoms with van der Waals surface area (Å²) in [5, 5.41) is 17.7. The van der Waals surface area contributed by atoms with Crippen LogP contribution in [0.1, 0.15) is 55.4 Å². The van der Waals surface area contributed by atoms with Gasteiger partial charge in [0.1, 0.15) is 0 Å². The van der Waals surface area contributed by atoms with Gasteiger partial charge in [0.2, 0.25) is 0 Å². The summed E-state index contributed by atoms with van der Waals surface area (Å²) in [5.41, 5.74) is 5.51. The van der Waals surface area contributed by atoms with Crippen molar-refractivity contribution in [1.82, 2.24) is 19.9 Å². The van der Waals surface area contributed by atoms with Crippen LogP contribution >= 0.6 is 22.2 Å². The number of nitrogens with zero attached hydrogens (tertiary/aromatic N) is 6. The first-order valence-electron chi connectivity index (χ1n) is 15.2. The Kier molecular flexibility index (Phi) is 16.6. The van der Waals surface area contributed by atoms with Gasteiger partial charge in [-0.2, -0.15) is 22.2 Å². The van der Waals surface area contributed by atoms with Crippen molar-refractivity contribution in [3.8, 4) is 35.3 Å². The van der Waals surface area contributed by atoms with Gasteiger partial charge in [0.05, 0.1) is 22.8 Å². The summed E-state index contributed by atoms with van der Waals surface area (Å²) < 4.78 is 7.87. The molecule has 0 aromatic carbocycles. The SMILES string of the molecule is CC(C)[Si](Cl)(c1ccc(-c2ccccn2)nc1)C(C)C.CC(C)[Si](Cl)(c1ccc(-c2ccccn2)nc1)C(C)C.N#C[O][Fe][O]C#N. The number of nitriles is 2. The van der Waals surface area contributed by atoms with Gasteiger partial charge in [-0.25, -0.2) is 0 Å². The molecule has 0 bridgehead atoms. The summed E-state index contributed by atoms with van der Waals surface area (Å²) in [6.45, 7) is 17.7. The zero-order valence-electron chi connectivity index (χ0n) is 28.0. The van der Waals surface area contributed by atoms with Crippen LogP contribution in [-0.4, -0.2) is 34.7 Å². The van der Waals surface area contributed by atoms with E-state index in [4.69, 9.17) is 32.7 Å². The molecule has 13 heteroatoms. The Morgan fingerprint density at radius 2 is 0.894 bits per heavy atom. The van der Waals surface area contributed by atoms with Crippen LogP contribution in [-0.2, 0) is 23.3 Å². The summed E-state index contributed by atoms with van der Waals surface area (Å²) in [4.78, 5) is 17.8. The molecule has 250 valence electrons. The van der Waals surface area contributed by atoms with Crippen LogP contribution in [0.4, 0.5) is 0 Å². The second kappa shape index (κ2) is 19.5. The van der Waals surface area contributed by atoms with Gasteiger partial charge in [-0.1, -0.05) is 79.7 Å². The molecule has 4 aromatic rings. The predicted molar refractivity (Wildman–Crippen MR) is 191 cm³/mol. The molecule has 4 heterocycles. The number of hydrogen-bond acceptors (Lipinski definition) is 8. The van der Waals surface area contributed by atoms with E-state index in [1.54, 1.807) is 12.4 Å². The average Bonchev–Trinajstić information content (AvgIpc) is 3.09. The van der Waals surface area contributed by atoms with E-state index in [1.807, 2.05) is 60.9 Å². The molecule has 0 aliphatic heterocycles. The molecule has 0 saturated heterocycles. The van der Waals surface area contributed by atoms with E-state index < -0.39 is 14.8 Å². The number of halogens is 2. The van der Waals surface area contributed by atoms with E-state index in [1.165, 1.54) is 22.9 Å². The second-order valence-corrected chi connectivity index (χ2v) is 25.1. The minimum atomic E-state index is -2.01. The molecule has 0 atom stereocenters. The molecule has 0 unspecified atom stereocenters. The van der Waals surface area contributed by atoms with Gasteiger partial charge >= 0.3 is 46.3 Å². The van der Waals surface area contributed by atoms with Crippen LogP contribution in [0.2, 0.25) is 22.2 Å². The van der Waals surface area contributed by atoms with Gasteiger partial charge in [0.25, 0.3) is 0 Å². The molecular formula is C34H42Cl2FeN6O2Si2. The third-order valence-electron chi connectivity index (χ3n) is 7.75. The fourth-order valence-electron chi connectivity index (χ4n) is 5.28. The van der Waals surface area contributed by atoms with Crippen LogP contribution in [0.5, 0.6) is 0 Å². The van der Waals surface area contributed by atoms with E-state index in [0.717, 1.165) is 22.8 Å². The van der Waals surface area contributed by atoms with Crippen LogP contribution in [0.3, 0.4) is 0 Å². The maximum absolute atomic E-state index is 7.63. The Labute approximate surface area is 297 Å². The van der Waals surface area contributed by atoms with Gasteiger partial charge in [0.15, 0.2) is 14.8 Å². The van der Waals surface area contributed by atoms with Gasteiger partial charge in [0, 0.05) is 24.8 Å². The van der Waals surface area contributed by atoms with Crippen molar-refractivity contribution in [1.29, 1.82) is 10.5 Å². The maximum atomic E-state index is 7.63. The summed E-state index contributed by atoms with van der Waals surface area (Å²) >= 11 is 13.7. The van der Waals surface area contributed by atoms with Crippen LogP contribution in [0.25, 0.3) is 22.8 Å². The molecule has 8 nitrogen and oxygen atoms in total. The van der Waals surface area contributed by atoms with Gasteiger partial charge in [-0.3, -0.25) is 19.9 Å². The summed E-state index contributed by atoms with van der Waals surface area (Å²) in [7, 11) is -4.03. The van der Waals surface area contributed by atoms with Crippen molar-refractivity contribution in [2.45, 2.75) is 77.6 Å². The third kappa shape index (κ3) is 10.9. The molecular weight excluding hydrogens is 707 g/mol. The average molecular weight is 750 g/mol. The molecule has 0 radical (unpaired) electrons. The van der Waals surface area contributed by atoms with E-state index in [-0.39, 0.29) is 15.6 Å². The first-order valence-corrected chi connectivity index (χ1v) is 22.4. The topological polar surface area (TPSA) is 118 Å². The van der Waals surface area contributed by atoms with E-state index in [9.17, 15) is 0 Å². The Balaban J connectivity index is 0.000000273. The third-order valence-corrected chi connectivity index (χ3v) is 23.8. The zero-order valence-corrected chi connectivity index (χ0v) is 32.6. The van der Waals surface area contributed by atoms with Crippen molar-refractivity contribution in [3.63, 3.8) is 0 Å².